The lowest BCUT2D eigenvalue weighted by Crippen LogP contribution is -2.44. The van der Waals surface area contributed by atoms with E-state index in [1.165, 1.54) is 6.92 Å². The zero-order chi connectivity index (χ0) is 23.1. The van der Waals surface area contributed by atoms with Crippen molar-refractivity contribution in [2.24, 2.45) is 5.92 Å². The highest BCUT2D eigenvalue weighted by Crippen LogP contribution is 2.32. The molecular formula is C26H30N2O4. The molecule has 1 unspecified atom stereocenters. The summed E-state index contributed by atoms with van der Waals surface area (Å²) in [6.45, 7) is 5.61. The third-order valence-electron chi connectivity index (χ3n) is 5.40. The first-order valence-corrected chi connectivity index (χ1v) is 10.9. The van der Waals surface area contributed by atoms with E-state index in [2.05, 4.69) is 5.32 Å². The molecule has 1 heterocycles. The number of carbonyl (C=O) groups excluding carboxylic acids is 3. The summed E-state index contributed by atoms with van der Waals surface area (Å²) in [4.78, 5) is 39.4. The Morgan fingerprint density at radius 3 is 2.41 bits per heavy atom. The van der Waals surface area contributed by atoms with Gasteiger partial charge in [0.1, 0.15) is 12.6 Å². The van der Waals surface area contributed by atoms with Crippen LogP contribution in [0.1, 0.15) is 56.3 Å². The van der Waals surface area contributed by atoms with Gasteiger partial charge < -0.3 is 15.0 Å². The Kier molecular flexibility index (Phi) is 7.82. The Hall–Kier alpha value is -3.41. The quantitative estimate of drug-likeness (QED) is 0.631. The van der Waals surface area contributed by atoms with Crippen LogP contribution in [0.25, 0.3) is 6.08 Å². The van der Waals surface area contributed by atoms with E-state index in [1.807, 2.05) is 74.5 Å². The summed E-state index contributed by atoms with van der Waals surface area (Å²) in [6.07, 6.45) is 4.11. The van der Waals surface area contributed by atoms with Crippen molar-refractivity contribution in [3.8, 4) is 0 Å². The Labute approximate surface area is 189 Å². The van der Waals surface area contributed by atoms with Crippen molar-refractivity contribution in [3.05, 3.63) is 77.5 Å². The maximum absolute atomic E-state index is 13.0. The minimum atomic E-state index is -0.744. The van der Waals surface area contributed by atoms with Gasteiger partial charge in [0.2, 0.25) is 11.8 Å². The molecule has 1 aliphatic heterocycles. The summed E-state index contributed by atoms with van der Waals surface area (Å²) in [5.41, 5.74) is 2.77. The van der Waals surface area contributed by atoms with E-state index in [-0.39, 0.29) is 30.8 Å². The number of carbonyl (C=O) groups is 3. The van der Waals surface area contributed by atoms with Gasteiger partial charge in [-0.1, -0.05) is 68.4 Å². The van der Waals surface area contributed by atoms with Crippen molar-refractivity contribution in [1.82, 2.24) is 10.2 Å². The number of esters is 1. The number of nitrogens with zero attached hydrogens (tertiary/aromatic N) is 1. The first-order chi connectivity index (χ1) is 15.3. The first kappa shape index (κ1) is 23.3. The number of amides is 2. The fourth-order valence-corrected chi connectivity index (χ4v) is 3.86. The average Bonchev–Trinajstić information content (AvgIpc) is 2.77. The maximum Gasteiger partial charge on any atom is 0.328 e. The van der Waals surface area contributed by atoms with Crippen molar-refractivity contribution in [3.63, 3.8) is 0 Å². The number of benzene rings is 2. The van der Waals surface area contributed by atoms with Gasteiger partial charge in [0.25, 0.3) is 0 Å². The van der Waals surface area contributed by atoms with Crippen LogP contribution < -0.4 is 5.32 Å². The highest BCUT2D eigenvalue weighted by molar-refractivity contribution is 5.86. The van der Waals surface area contributed by atoms with E-state index in [0.29, 0.717) is 6.42 Å². The lowest BCUT2D eigenvalue weighted by atomic mass is 9.93. The molecule has 0 aromatic heterocycles. The normalized spacial score (nSPS) is 15.8. The van der Waals surface area contributed by atoms with E-state index in [9.17, 15) is 14.4 Å². The summed E-state index contributed by atoms with van der Waals surface area (Å²) < 4.78 is 5.47. The second kappa shape index (κ2) is 10.8. The Morgan fingerprint density at radius 2 is 1.72 bits per heavy atom. The largest absolute Gasteiger partial charge is 0.459 e. The predicted octanol–water partition coefficient (Wildman–Crippen LogP) is 4.22. The summed E-state index contributed by atoms with van der Waals surface area (Å²) in [5.74, 6) is -0.705. The molecule has 0 fully saturated rings. The Bertz CT molecular complexity index is 984. The topological polar surface area (TPSA) is 75.7 Å². The van der Waals surface area contributed by atoms with Crippen LogP contribution >= 0.6 is 0 Å². The minimum Gasteiger partial charge on any atom is -0.459 e. The molecule has 6 nitrogen and oxygen atoms in total. The van der Waals surface area contributed by atoms with Gasteiger partial charge in [-0.2, -0.15) is 0 Å². The molecule has 0 saturated heterocycles. The Morgan fingerprint density at radius 1 is 1.03 bits per heavy atom. The smallest absolute Gasteiger partial charge is 0.328 e. The molecule has 168 valence electrons. The zero-order valence-electron chi connectivity index (χ0n) is 18.8. The molecule has 2 atom stereocenters. The highest BCUT2D eigenvalue weighted by atomic mass is 16.5. The summed E-state index contributed by atoms with van der Waals surface area (Å²) in [5, 5.41) is 2.85. The highest BCUT2D eigenvalue weighted by Gasteiger charge is 2.30. The number of nitrogens with one attached hydrogen (secondary N) is 1. The van der Waals surface area contributed by atoms with Crippen LogP contribution in [-0.4, -0.2) is 28.7 Å². The van der Waals surface area contributed by atoms with Gasteiger partial charge >= 0.3 is 5.97 Å². The van der Waals surface area contributed by atoms with Crippen LogP contribution in [-0.2, 0) is 25.7 Å². The Balaban J connectivity index is 1.69. The summed E-state index contributed by atoms with van der Waals surface area (Å²) in [7, 11) is 0. The van der Waals surface area contributed by atoms with Crippen molar-refractivity contribution in [1.29, 1.82) is 0 Å². The summed E-state index contributed by atoms with van der Waals surface area (Å²) in [6, 6.07) is 16.0. The fraction of sp³-hybridized carbons (Fsp3) is 0.346. The predicted molar refractivity (Wildman–Crippen MR) is 123 cm³/mol. The van der Waals surface area contributed by atoms with Gasteiger partial charge in [0.05, 0.1) is 12.5 Å². The third kappa shape index (κ3) is 6.06. The maximum atomic E-state index is 13.0. The van der Waals surface area contributed by atoms with E-state index in [0.717, 1.165) is 16.7 Å². The van der Waals surface area contributed by atoms with E-state index in [4.69, 9.17) is 4.74 Å². The minimum absolute atomic E-state index is 0.0570. The van der Waals surface area contributed by atoms with Gasteiger partial charge in [0, 0.05) is 13.1 Å². The third-order valence-corrected chi connectivity index (χ3v) is 5.40. The molecule has 3 rings (SSSR count). The van der Waals surface area contributed by atoms with Crippen molar-refractivity contribution >= 4 is 23.9 Å². The fourth-order valence-electron chi connectivity index (χ4n) is 3.86. The van der Waals surface area contributed by atoms with Gasteiger partial charge in [-0.15, -0.1) is 0 Å². The van der Waals surface area contributed by atoms with Crippen molar-refractivity contribution < 1.29 is 19.1 Å². The van der Waals surface area contributed by atoms with Crippen LogP contribution in [0.5, 0.6) is 0 Å². The summed E-state index contributed by atoms with van der Waals surface area (Å²) >= 11 is 0. The number of hydrogen-bond acceptors (Lipinski definition) is 4. The number of rotatable bonds is 8. The zero-order valence-corrected chi connectivity index (χ0v) is 18.8. The molecule has 0 bridgehead atoms. The van der Waals surface area contributed by atoms with Gasteiger partial charge in [0.15, 0.2) is 0 Å². The van der Waals surface area contributed by atoms with E-state index >= 15 is 0 Å². The van der Waals surface area contributed by atoms with Crippen LogP contribution in [0.15, 0.2) is 60.8 Å². The second-order valence-corrected chi connectivity index (χ2v) is 8.43. The van der Waals surface area contributed by atoms with Crippen molar-refractivity contribution in [2.75, 3.05) is 0 Å². The molecule has 2 amide bonds. The van der Waals surface area contributed by atoms with Crippen LogP contribution in [0.3, 0.4) is 0 Å². The van der Waals surface area contributed by atoms with E-state index < -0.39 is 18.1 Å². The monoisotopic (exact) mass is 434 g/mol. The first-order valence-electron chi connectivity index (χ1n) is 10.9. The molecule has 2 aromatic rings. The van der Waals surface area contributed by atoms with Crippen molar-refractivity contribution in [2.45, 2.75) is 52.3 Å². The average molecular weight is 435 g/mol. The molecule has 1 aliphatic rings. The van der Waals surface area contributed by atoms with Crippen LogP contribution in [0.4, 0.5) is 0 Å². The van der Waals surface area contributed by atoms with Gasteiger partial charge in [-0.3, -0.25) is 9.59 Å². The van der Waals surface area contributed by atoms with Crippen LogP contribution in [0.2, 0.25) is 0 Å². The van der Waals surface area contributed by atoms with Crippen LogP contribution in [0, 0.1) is 5.92 Å². The lowest BCUT2D eigenvalue weighted by Gasteiger charge is -2.32. The number of ether oxygens (including phenoxy) is 1. The van der Waals surface area contributed by atoms with Gasteiger partial charge in [-0.05, 0) is 35.1 Å². The molecule has 0 saturated carbocycles. The van der Waals surface area contributed by atoms with Gasteiger partial charge in [-0.25, -0.2) is 4.79 Å². The number of fused-ring (bicyclic) bond motifs is 1. The van der Waals surface area contributed by atoms with E-state index in [1.54, 1.807) is 11.1 Å². The number of hydrogen-bond donors (Lipinski definition) is 1. The molecule has 2 aromatic carbocycles. The molecule has 1 N–H and O–H groups in total. The molecule has 32 heavy (non-hydrogen) atoms. The molecular weight excluding hydrogens is 404 g/mol. The molecule has 0 spiro atoms. The second-order valence-electron chi connectivity index (χ2n) is 8.43. The molecule has 0 aliphatic carbocycles. The standard InChI is InChI=1S/C26H30N2O4/c1-18(2)15-23(26(31)32-17-20-9-5-4-6-10-20)27-25(30)16-24-22-12-8-7-11-21(22)13-14-28(24)19(3)29/h4-14,18,23-24H,15-17H2,1-3H3,(H,27,30)/t23-,24?/m0/s1. The SMILES string of the molecule is CC(=O)N1C=Cc2ccccc2C1CC(=O)N[C@@H](CC(C)C)C(=O)OCc1ccccc1. The molecule has 0 radical (unpaired) electrons. The lowest BCUT2D eigenvalue weighted by molar-refractivity contribution is -0.150. The molecule has 6 heteroatoms.